The van der Waals surface area contributed by atoms with E-state index in [1.165, 1.54) is 16.7 Å². The second-order valence-electron chi connectivity index (χ2n) is 3.53. The molecule has 0 unspecified atom stereocenters. The lowest BCUT2D eigenvalue weighted by molar-refractivity contribution is 0.562. The molecule has 0 bridgehead atoms. The van der Waals surface area contributed by atoms with E-state index in [0.29, 0.717) is 10.0 Å². The molecule has 1 aliphatic rings. The topological polar surface area (TPSA) is 81.8 Å². The standard InChI is InChI=1S/C12H6Cl2.2CHNO/c13-10-6-5-9-7-3-1-2-4-8(7)11(9)12(10)14;2*2-1-3/h1-6H;2*2H. The van der Waals surface area contributed by atoms with E-state index in [1.807, 2.05) is 24.3 Å². The largest absolute Gasteiger partial charge is 0.231 e. The predicted molar refractivity (Wildman–Crippen MR) is 77.7 cm³/mol. The summed E-state index contributed by atoms with van der Waals surface area (Å²) in [6, 6.07) is 12.1. The van der Waals surface area contributed by atoms with Crippen LogP contribution < -0.4 is 0 Å². The van der Waals surface area contributed by atoms with Gasteiger partial charge < -0.3 is 0 Å². The minimum Gasteiger partial charge on any atom is -0.222 e. The molecule has 100 valence electrons. The summed E-state index contributed by atoms with van der Waals surface area (Å²) in [6.07, 6.45) is 1.50. The molecule has 0 heterocycles. The van der Waals surface area contributed by atoms with Crippen LogP contribution in [0.25, 0.3) is 22.3 Å². The van der Waals surface area contributed by atoms with E-state index in [2.05, 4.69) is 12.1 Å². The van der Waals surface area contributed by atoms with E-state index in [1.54, 1.807) is 0 Å². The fourth-order valence-corrected chi connectivity index (χ4v) is 2.34. The summed E-state index contributed by atoms with van der Waals surface area (Å²) in [6.45, 7) is 0. The number of hydrogen-bond donors (Lipinski definition) is 2. The van der Waals surface area contributed by atoms with Gasteiger partial charge in [0.15, 0.2) is 0 Å². The highest BCUT2D eigenvalue weighted by atomic mass is 35.5. The minimum absolute atomic E-state index is 0.625. The first-order chi connectivity index (χ1) is 9.62. The Morgan fingerprint density at radius 2 is 1.30 bits per heavy atom. The SMILES string of the molecule is Clc1ccc2c(c1Cl)-c1ccccc1-2.N=C=O.N=C=O. The average Bonchev–Trinajstić information content (AvgIpc) is 2.40. The van der Waals surface area contributed by atoms with Crippen molar-refractivity contribution in [3.05, 3.63) is 46.4 Å². The highest BCUT2D eigenvalue weighted by molar-refractivity contribution is 6.45. The Hall–Kier alpha value is -2.22. The molecule has 2 N–H and O–H groups in total. The molecule has 3 rings (SSSR count). The van der Waals surface area contributed by atoms with Crippen LogP contribution in [0, 0.1) is 10.8 Å². The fraction of sp³-hybridized carbons (Fsp3) is 0. The lowest BCUT2D eigenvalue weighted by atomic mass is 9.81. The van der Waals surface area contributed by atoms with Crippen LogP contribution in [0.3, 0.4) is 0 Å². The van der Waals surface area contributed by atoms with Gasteiger partial charge in [0.05, 0.1) is 10.0 Å². The van der Waals surface area contributed by atoms with Gasteiger partial charge in [-0.25, -0.2) is 20.4 Å². The van der Waals surface area contributed by atoms with Gasteiger partial charge >= 0.3 is 0 Å². The third-order valence-electron chi connectivity index (χ3n) is 2.58. The Bertz CT molecular complexity index is 690. The molecule has 0 saturated carbocycles. The summed E-state index contributed by atoms with van der Waals surface area (Å²) in [5, 5.41) is 12.1. The first-order valence-electron chi connectivity index (χ1n) is 5.27. The normalized spacial score (nSPS) is 8.90. The summed E-state index contributed by atoms with van der Waals surface area (Å²) in [5.41, 5.74) is 4.76. The van der Waals surface area contributed by atoms with Gasteiger partial charge in [0, 0.05) is 5.56 Å². The molecule has 4 nitrogen and oxygen atoms in total. The number of rotatable bonds is 0. The molecule has 1 aliphatic carbocycles. The first-order valence-corrected chi connectivity index (χ1v) is 6.03. The van der Waals surface area contributed by atoms with E-state index >= 15 is 0 Å². The molecule has 0 fully saturated rings. The first kappa shape index (κ1) is 15.8. The summed E-state index contributed by atoms with van der Waals surface area (Å²) in [4.78, 5) is 16.7. The van der Waals surface area contributed by atoms with Crippen molar-refractivity contribution < 1.29 is 9.59 Å². The molecule has 0 spiro atoms. The second kappa shape index (κ2) is 7.39. The van der Waals surface area contributed by atoms with Gasteiger partial charge in [0.1, 0.15) is 0 Å². The van der Waals surface area contributed by atoms with Crippen LogP contribution in [0.1, 0.15) is 0 Å². The number of halogens is 2. The Kier molecular flexibility index (Phi) is 5.85. The van der Waals surface area contributed by atoms with Crippen LogP contribution in [0.15, 0.2) is 36.4 Å². The van der Waals surface area contributed by atoms with Crippen molar-refractivity contribution in [1.29, 1.82) is 10.8 Å². The monoisotopic (exact) mass is 306 g/mol. The zero-order valence-corrected chi connectivity index (χ0v) is 11.5. The van der Waals surface area contributed by atoms with Crippen molar-refractivity contribution in [2.75, 3.05) is 0 Å². The Morgan fingerprint density at radius 3 is 1.85 bits per heavy atom. The summed E-state index contributed by atoms with van der Waals surface area (Å²) in [5.74, 6) is 0. The van der Waals surface area contributed by atoms with Crippen LogP contribution in [0.4, 0.5) is 0 Å². The maximum Gasteiger partial charge on any atom is 0.231 e. The number of benzene rings is 2. The third-order valence-corrected chi connectivity index (χ3v) is 3.39. The number of fused-ring (bicyclic) bond motifs is 4. The number of carbonyl (C=O) groups excluding carboxylic acids is 2. The van der Waals surface area contributed by atoms with Crippen LogP contribution in [0.5, 0.6) is 0 Å². The molecule has 0 amide bonds. The summed E-state index contributed by atoms with van der Waals surface area (Å²) in [7, 11) is 0. The number of hydrogen-bond acceptors (Lipinski definition) is 4. The summed E-state index contributed by atoms with van der Waals surface area (Å²) >= 11 is 12.1. The van der Waals surface area contributed by atoms with Crippen LogP contribution in [-0.4, -0.2) is 12.2 Å². The average molecular weight is 307 g/mol. The molecular weight excluding hydrogens is 299 g/mol. The van der Waals surface area contributed by atoms with Gasteiger partial charge in [0.2, 0.25) is 12.2 Å². The maximum absolute atomic E-state index is 8.35. The fourth-order valence-electron chi connectivity index (χ4n) is 1.91. The van der Waals surface area contributed by atoms with Crippen LogP contribution >= 0.6 is 23.2 Å². The molecule has 0 aliphatic heterocycles. The molecule has 0 radical (unpaired) electrons. The van der Waals surface area contributed by atoms with Crippen LogP contribution in [-0.2, 0) is 9.59 Å². The lowest BCUT2D eigenvalue weighted by Gasteiger charge is -2.25. The van der Waals surface area contributed by atoms with E-state index in [4.69, 9.17) is 43.6 Å². The highest BCUT2D eigenvalue weighted by Gasteiger charge is 2.25. The van der Waals surface area contributed by atoms with Gasteiger partial charge in [-0.3, -0.25) is 0 Å². The number of nitrogens with one attached hydrogen (secondary N) is 2. The molecule has 0 saturated heterocycles. The van der Waals surface area contributed by atoms with E-state index in [-0.39, 0.29) is 0 Å². The Morgan fingerprint density at radius 1 is 0.800 bits per heavy atom. The quantitative estimate of drug-likeness (QED) is 0.475. The van der Waals surface area contributed by atoms with E-state index < -0.39 is 0 Å². The smallest absolute Gasteiger partial charge is 0.222 e. The van der Waals surface area contributed by atoms with Gasteiger partial charge in [-0.2, -0.15) is 0 Å². The predicted octanol–water partition coefficient (Wildman–Crippen LogP) is 4.44. The molecule has 20 heavy (non-hydrogen) atoms. The minimum atomic E-state index is 0.625. The third kappa shape index (κ3) is 3.02. The molecule has 2 aromatic carbocycles. The van der Waals surface area contributed by atoms with Crippen LogP contribution in [0.2, 0.25) is 10.0 Å². The molecule has 2 aromatic rings. The van der Waals surface area contributed by atoms with Gasteiger partial charge in [-0.05, 0) is 22.8 Å². The van der Waals surface area contributed by atoms with Crippen molar-refractivity contribution in [2.24, 2.45) is 0 Å². The zero-order valence-electron chi connectivity index (χ0n) is 10.0. The Labute approximate surface area is 125 Å². The van der Waals surface area contributed by atoms with Crippen molar-refractivity contribution in [3.8, 4) is 22.3 Å². The summed E-state index contributed by atoms with van der Waals surface area (Å²) < 4.78 is 0. The van der Waals surface area contributed by atoms with Gasteiger partial charge in [-0.1, -0.05) is 53.5 Å². The molecule has 0 atom stereocenters. The van der Waals surface area contributed by atoms with Crippen molar-refractivity contribution >= 4 is 35.4 Å². The van der Waals surface area contributed by atoms with E-state index in [9.17, 15) is 0 Å². The zero-order chi connectivity index (χ0) is 15.1. The van der Waals surface area contributed by atoms with Gasteiger partial charge in [0.25, 0.3) is 0 Å². The lowest BCUT2D eigenvalue weighted by Crippen LogP contribution is -1.98. The van der Waals surface area contributed by atoms with Crippen molar-refractivity contribution in [3.63, 3.8) is 0 Å². The maximum atomic E-state index is 8.35. The van der Waals surface area contributed by atoms with E-state index in [0.717, 1.165) is 17.7 Å². The molecular formula is C14H8Cl2N2O2. The number of isocyanates is 2. The molecule has 0 aromatic heterocycles. The Balaban J connectivity index is 0.000000290. The van der Waals surface area contributed by atoms with Crippen molar-refractivity contribution in [2.45, 2.75) is 0 Å². The van der Waals surface area contributed by atoms with Crippen molar-refractivity contribution in [1.82, 2.24) is 0 Å². The highest BCUT2D eigenvalue weighted by Crippen LogP contribution is 2.52. The van der Waals surface area contributed by atoms with Gasteiger partial charge in [-0.15, -0.1) is 0 Å². The second-order valence-corrected chi connectivity index (χ2v) is 4.32. The molecule has 6 heteroatoms.